The molecule has 118 valence electrons. The first-order chi connectivity index (χ1) is 10.4. The fourth-order valence-electron chi connectivity index (χ4n) is 2.99. The van der Waals surface area contributed by atoms with E-state index in [1.807, 2.05) is 20.0 Å². The van der Waals surface area contributed by atoms with Crippen molar-refractivity contribution in [3.63, 3.8) is 0 Å². The number of aromatic nitrogens is 3. The van der Waals surface area contributed by atoms with Crippen LogP contribution in [-0.2, 0) is 0 Å². The third-order valence-electron chi connectivity index (χ3n) is 4.70. The molecule has 0 aliphatic heterocycles. The summed E-state index contributed by atoms with van der Waals surface area (Å²) < 4.78 is 1.62. The summed E-state index contributed by atoms with van der Waals surface area (Å²) in [7, 11) is 1.81. The maximum atomic E-state index is 12.7. The molecule has 2 aromatic heterocycles. The molecular formula is C16H23N5O. The summed E-state index contributed by atoms with van der Waals surface area (Å²) in [5.41, 5.74) is 1.97. The molecule has 2 aromatic rings. The van der Waals surface area contributed by atoms with Gasteiger partial charge in [0.25, 0.3) is 5.91 Å². The third-order valence-corrected chi connectivity index (χ3v) is 4.70. The van der Waals surface area contributed by atoms with Gasteiger partial charge in [-0.05, 0) is 51.2 Å². The monoisotopic (exact) mass is 301 g/mol. The van der Waals surface area contributed by atoms with E-state index in [2.05, 4.69) is 34.6 Å². The SMILES string of the molecule is CNc1cc(C)c2ncc(C(=O)NC(C)(C)C3CCC3)n2n1. The van der Waals surface area contributed by atoms with Crippen molar-refractivity contribution in [1.29, 1.82) is 0 Å². The van der Waals surface area contributed by atoms with E-state index in [-0.39, 0.29) is 11.4 Å². The zero-order valence-corrected chi connectivity index (χ0v) is 13.6. The molecule has 0 bridgehead atoms. The number of carbonyl (C=O) groups is 1. The number of anilines is 1. The van der Waals surface area contributed by atoms with E-state index in [0.29, 0.717) is 17.3 Å². The Balaban J connectivity index is 1.92. The third kappa shape index (κ3) is 2.42. The van der Waals surface area contributed by atoms with Crippen molar-refractivity contribution < 1.29 is 4.79 Å². The molecule has 0 aromatic carbocycles. The maximum absolute atomic E-state index is 12.7. The Hall–Kier alpha value is -2.11. The van der Waals surface area contributed by atoms with Crippen LogP contribution in [0.4, 0.5) is 5.82 Å². The highest BCUT2D eigenvalue weighted by Gasteiger charge is 2.35. The van der Waals surface area contributed by atoms with Gasteiger partial charge in [-0.2, -0.15) is 0 Å². The highest BCUT2D eigenvalue weighted by atomic mass is 16.2. The van der Waals surface area contributed by atoms with Crippen molar-refractivity contribution in [1.82, 2.24) is 19.9 Å². The van der Waals surface area contributed by atoms with Gasteiger partial charge >= 0.3 is 0 Å². The molecule has 1 fully saturated rings. The Bertz CT molecular complexity index is 715. The second-order valence-corrected chi connectivity index (χ2v) is 6.65. The molecule has 1 aliphatic rings. The maximum Gasteiger partial charge on any atom is 0.272 e. The fraction of sp³-hybridized carbons (Fsp3) is 0.562. The van der Waals surface area contributed by atoms with Crippen LogP contribution >= 0.6 is 0 Å². The second kappa shape index (κ2) is 5.26. The average Bonchev–Trinajstić information content (AvgIpc) is 2.79. The van der Waals surface area contributed by atoms with Gasteiger partial charge in [-0.1, -0.05) is 6.42 Å². The molecule has 0 unspecified atom stereocenters. The largest absolute Gasteiger partial charge is 0.372 e. The van der Waals surface area contributed by atoms with Crippen molar-refractivity contribution in [3.8, 4) is 0 Å². The normalized spacial score (nSPS) is 15.6. The van der Waals surface area contributed by atoms with Crippen LogP contribution in [-0.4, -0.2) is 33.1 Å². The van der Waals surface area contributed by atoms with Crippen LogP contribution in [0, 0.1) is 12.8 Å². The van der Waals surface area contributed by atoms with Crippen LogP contribution in [0.5, 0.6) is 0 Å². The number of fused-ring (bicyclic) bond motifs is 1. The first kappa shape index (κ1) is 14.8. The van der Waals surface area contributed by atoms with Gasteiger partial charge < -0.3 is 10.6 Å². The molecule has 0 spiro atoms. The number of nitrogens with zero attached hydrogens (tertiary/aromatic N) is 3. The molecule has 1 aliphatic carbocycles. The van der Waals surface area contributed by atoms with E-state index in [4.69, 9.17) is 0 Å². The summed E-state index contributed by atoms with van der Waals surface area (Å²) in [4.78, 5) is 17.0. The van der Waals surface area contributed by atoms with Crippen molar-refractivity contribution in [3.05, 3.63) is 23.5 Å². The second-order valence-electron chi connectivity index (χ2n) is 6.65. The van der Waals surface area contributed by atoms with Crippen molar-refractivity contribution in [2.45, 2.75) is 45.6 Å². The molecule has 3 rings (SSSR count). The van der Waals surface area contributed by atoms with E-state index in [1.165, 1.54) is 19.3 Å². The quantitative estimate of drug-likeness (QED) is 0.909. The number of rotatable bonds is 4. The van der Waals surface area contributed by atoms with Gasteiger partial charge in [0.15, 0.2) is 11.3 Å². The number of carbonyl (C=O) groups excluding carboxylic acids is 1. The van der Waals surface area contributed by atoms with Crippen LogP contribution in [0.25, 0.3) is 5.65 Å². The van der Waals surface area contributed by atoms with Crippen LogP contribution in [0.1, 0.15) is 49.2 Å². The molecular weight excluding hydrogens is 278 g/mol. The molecule has 2 heterocycles. The number of nitrogens with one attached hydrogen (secondary N) is 2. The lowest BCUT2D eigenvalue weighted by molar-refractivity contribution is 0.0819. The van der Waals surface area contributed by atoms with Gasteiger partial charge in [0.1, 0.15) is 5.82 Å². The van der Waals surface area contributed by atoms with Crippen LogP contribution in [0.2, 0.25) is 0 Å². The minimum absolute atomic E-state index is 0.121. The van der Waals surface area contributed by atoms with Crippen molar-refractivity contribution in [2.24, 2.45) is 5.92 Å². The summed E-state index contributed by atoms with van der Waals surface area (Å²) >= 11 is 0. The van der Waals surface area contributed by atoms with Gasteiger partial charge in [-0.25, -0.2) is 9.50 Å². The first-order valence-corrected chi connectivity index (χ1v) is 7.78. The predicted molar refractivity (Wildman–Crippen MR) is 86.2 cm³/mol. The minimum Gasteiger partial charge on any atom is -0.372 e. The lowest BCUT2D eigenvalue weighted by atomic mass is 9.72. The Morgan fingerprint density at radius 2 is 2.14 bits per heavy atom. The fourth-order valence-corrected chi connectivity index (χ4v) is 2.99. The zero-order valence-electron chi connectivity index (χ0n) is 13.6. The Morgan fingerprint density at radius 3 is 2.73 bits per heavy atom. The van der Waals surface area contributed by atoms with Gasteiger partial charge in [0, 0.05) is 12.6 Å². The summed E-state index contributed by atoms with van der Waals surface area (Å²) in [5, 5.41) is 10.6. The predicted octanol–water partition coefficient (Wildman–Crippen LogP) is 2.39. The molecule has 1 saturated carbocycles. The van der Waals surface area contributed by atoms with E-state index in [1.54, 1.807) is 10.7 Å². The summed E-state index contributed by atoms with van der Waals surface area (Å²) in [6, 6.07) is 1.92. The number of amides is 1. The van der Waals surface area contributed by atoms with E-state index in [0.717, 1.165) is 11.4 Å². The minimum atomic E-state index is -0.199. The van der Waals surface area contributed by atoms with Gasteiger partial charge in [0.05, 0.1) is 6.20 Å². The molecule has 2 N–H and O–H groups in total. The Morgan fingerprint density at radius 1 is 1.41 bits per heavy atom. The van der Waals surface area contributed by atoms with Crippen LogP contribution in [0.3, 0.4) is 0 Å². The molecule has 0 radical (unpaired) electrons. The summed E-state index contributed by atoms with van der Waals surface area (Å²) in [5.74, 6) is 1.15. The van der Waals surface area contributed by atoms with E-state index < -0.39 is 0 Å². The Labute approximate surface area is 130 Å². The van der Waals surface area contributed by atoms with Crippen LogP contribution < -0.4 is 10.6 Å². The highest BCUT2D eigenvalue weighted by Crippen LogP contribution is 2.35. The first-order valence-electron chi connectivity index (χ1n) is 7.78. The average molecular weight is 301 g/mol. The number of hydrogen-bond donors (Lipinski definition) is 2. The number of aryl methyl sites for hydroxylation is 1. The number of imidazole rings is 1. The topological polar surface area (TPSA) is 71.3 Å². The smallest absolute Gasteiger partial charge is 0.272 e. The van der Waals surface area contributed by atoms with Gasteiger partial charge in [-0.15, -0.1) is 5.10 Å². The van der Waals surface area contributed by atoms with Crippen molar-refractivity contribution in [2.75, 3.05) is 12.4 Å². The standard InChI is InChI=1S/C16H23N5O/c1-10-8-13(17-4)20-21-12(9-18-14(10)21)15(22)19-16(2,3)11-6-5-7-11/h8-9,11H,5-7H2,1-4H3,(H,17,20)(H,19,22). The van der Waals surface area contributed by atoms with Crippen LogP contribution in [0.15, 0.2) is 12.3 Å². The molecule has 0 saturated heterocycles. The Kier molecular flexibility index (Phi) is 3.54. The molecule has 6 nitrogen and oxygen atoms in total. The zero-order chi connectivity index (χ0) is 15.9. The molecule has 0 atom stereocenters. The van der Waals surface area contributed by atoms with Gasteiger partial charge in [0.2, 0.25) is 0 Å². The molecule has 22 heavy (non-hydrogen) atoms. The molecule has 6 heteroatoms. The number of hydrogen-bond acceptors (Lipinski definition) is 4. The summed E-state index contributed by atoms with van der Waals surface area (Å²) in [6.45, 7) is 6.15. The van der Waals surface area contributed by atoms with E-state index >= 15 is 0 Å². The van der Waals surface area contributed by atoms with Gasteiger partial charge in [-0.3, -0.25) is 4.79 Å². The lowest BCUT2D eigenvalue weighted by Crippen LogP contribution is -2.51. The van der Waals surface area contributed by atoms with Crippen molar-refractivity contribution >= 4 is 17.4 Å². The van der Waals surface area contributed by atoms with E-state index in [9.17, 15) is 4.79 Å². The highest BCUT2D eigenvalue weighted by molar-refractivity contribution is 5.93. The molecule has 1 amide bonds. The summed E-state index contributed by atoms with van der Waals surface area (Å²) in [6.07, 6.45) is 5.22. The lowest BCUT2D eigenvalue weighted by Gasteiger charge is -2.40.